The van der Waals surface area contributed by atoms with Gasteiger partial charge in [0.15, 0.2) is 0 Å². The Hall–Kier alpha value is -0.580. The van der Waals surface area contributed by atoms with Crippen LogP contribution in [-0.4, -0.2) is 23.4 Å². The molecule has 0 amide bonds. The van der Waals surface area contributed by atoms with Crippen LogP contribution in [0.4, 0.5) is 0 Å². The highest BCUT2D eigenvalue weighted by atomic mass is 79.9. The van der Waals surface area contributed by atoms with Gasteiger partial charge in [-0.1, -0.05) is 28.8 Å². The molecule has 4 heteroatoms. The van der Waals surface area contributed by atoms with E-state index in [1.165, 1.54) is 32.1 Å². The quantitative estimate of drug-likeness (QED) is 0.905. The van der Waals surface area contributed by atoms with E-state index in [0.717, 1.165) is 22.2 Å². The Morgan fingerprint density at radius 2 is 2.10 bits per heavy atom. The lowest BCUT2D eigenvalue weighted by Crippen LogP contribution is -2.27. The maximum atomic E-state index is 9.37. The van der Waals surface area contributed by atoms with Gasteiger partial charge in [-0.15, -0.1) is 0 Å². The van der Waals surface area contributed by atoms with Crippen molar-refractivity contribution in [3.05, 3.63) is 28.2 Å². The van der Waals surface area contributed by atoms with Gasteiger partial charge in [-0.3, -0.25) is 0 Å². The van der Waals surface area contributed by atoms with Crippen LogP contribution >= 0.6 is 15.9 Å². The molecule has 1 aromatic rings. The van der Waals surface area contributed by atoms with Gasteiger partial charge >= 0.3 is 0 Å². The molecule has 1 saturated carbocycles. The van der Waals surface area contributed by atoms with Crippen LogP contribution in [-0.2, 0) is 11.3 Å². The molecule has 1 unspecified atom stereocenters. The smallest absolute Gasteiger partial charge is 0.125 e. The van der Waals surface area contributed by atoms with Gasteiger partial charge in [0, 0.05) is 10.0 Å². The van der Waals surface area contributed by atoms with Crippen LogP contribution in [0.3, 0.4) is 0 Å². The van der Waals surface area contributed by atoms with E-state index in [9.17, 15) is 5.11 Å². The molecule has 0 aromatic heterocycles. The summed E-state index contributed by atoms with van der Waals surface area (Å²) in [6, 6.07) is 5.72. The molecule has 0 radical (unpaired) electrons. The lowest BCUT2D eigenvalue weighted by atomic mass is 9.98. The minimum Gasteiger partial charge on any atom is -0.491 e. The van der Waals surface area contributed by atoms with Crippen molar-refractivity contribution in [2.45, 2.75) is 56.8 Å². The second-order valence-corrected chi connectivity index (χ2v) is 6.81. The number of hydrogen-bond donors (Lipinski definition) is 1. The Labute approximate surface area is 128 Å². The van der Waals surface area contributed by atoms with E-state index in [0.29, 0.717) is 6.61 Å². The number of aliphatic hydroxyl groups is 1. The summed E-state index contributed by atoms with van der Waals surface area (Å²) in [6.45, 7) is 0.570. The van der Waals surface area contributed by atoms with Gasteiger partial charge in [-0.2, -0.15) is 0 Å². The number of halogens is 1. The lowest BCUT2D eigenvalue weighted by molar-refractivity contribution is -0.0510. The van der Waals surface area contributed by atoms with Gasteiger partial charge in [0.05, 0.1) is 18.3 Å². The van der Waals surface area contributed by atoms with Gasteiger partial charge in [-0.25, -0.2) is 0 Å². The maximum absolute atomic E-state index is 9.37. The summed E-state index contributed by atoms with van der Waals surface area (Å²) < 4.78 is 13.1. The molecule has 1 heterocycles. The fourth-order valence-electron chi connectivity index (χ4n) is 3.40. The van der Waals surface area contributed by atoms with Gasteiger partial charge in [-0.05, 0) is 43.9 Å². The Morgan fingerprint density at radius 3 is 2.85 bits per heavy atom. The second-order valence-electron chi connectivity index (χ2n) is 5.89. The SMILES string of the molecule is OCc1cc(Br)ccc1OCC1CCC2(CCCC2)O1. The number of hydrogen-bond acceptors (Lipinski definition) is 3. The van der Waals surface area contributed by atoms with Crippen LogP contribution in [0.25, 0.3) is 0 Å². The average Bonchev–Trinajstić information content (AvgIpc) is 3.08. The number of benzene rings is 1. The van der Waals surface area contributed by atoms with E-state index in [2.05, 4.69) is 15.9 Å². The van der Waals surface area contributed by atoms with Crippen LogP contribution in [0, 0.1) is 0 Å². The van der Waals surface area contributed by atoms with Crippen LogP contribution < -0.4 is 4.74 Å². The molecule has 3 nitrogen and oxygen atoms in total. The van der Waals surface area contributed by atoms with Crippen molar-refractivity contribution < 1.29 is 14.6 Å². The van der Waals surface area contributed by atoms with Crippen molar-refractivity contribution in [1.29, 1.82) is 0 Å². The Bertz CT molecular complexity index is 469. The molecular weight excluding hydrogens is 320 g/mol. The molecule has 0 bridgehead atoms. The molecule has 1 aliphatic heterocycles. The Balaban J connectivity index is 1.57. The molecule has 2 aliphatic rings. The van der Waals surface area contributed by atoms with Gasteiger partial charge < -0.3 is 14.6 Å². The second kappa shape index (κ2) is 6.04. The molecule has 2 fully saturated rings. The number of rotatable bonds is 4. The molecule has 1 N–H and O–H groups in total. The van der Waals surface area contributed by atoms with E-state index < -0.39 is 0 Å². The third kappa shape index (κ3) is 3.02. The van der Waals surface area contributed by atoms with E-state index in [1.54, 1.807) is 0 Å². The first-order valence-corrected chi connectivity index (χ1v) is 8.20. The van der Waals surface area contributed by atoms with Crippen molar-refractivity contribution >= 4 is 15.9 Å². The third-order valence-electron chi connectivity index (χ3n) is 4.47. The fourth-order valence-corrected chi connectivity index (χ4v) is 3.80. The summed E-state index contributed by atoms with van der Waals surface area (Å²) in [4.78, 5) is 0. The zero-order valence-electron chi connectivity index (χ0n) is 11.6. The topological polar surface area (TPSA) is 38.7 Å². The first kappa shape index (κ1) is 14.4. The molecule has 1 spiro atoms. The maximum Gasteiger partial charge on any atom is 0.125 e. The van der Waals surface area contributed by atoms with Crippen molar-refractivity contribution in [1.82, 2.24) is 0 Å². The monoisotopic (exact) mass is 340 g/mol. The largest absolute Gasteiger partial charge is 0.491 e. The zero-order valence-corrected chi connectivity index (χ0v) is 13.2. The lowest BCUT2D eigenvalue weighted by Gasteiger charge is -2.24. The summed E-state index contributed by atoms with van der Waals surface area (Å²) in [7, 11) is 0. The van der Waals surface area contributed by atoms with Gasteiger partial charge in [0.2, 0.25) is 0 Å². The highest BCUT2D eigenvalue weighted by Crippen LogP contribution is 2.43. The standard InChI is InChI=1S/C16H21BrO3/c17-13-3-4-15(12(9-13)10-18)19-11-14-5-8-16(20-14)6-1-2-7-16/h3-4,9,14,18H,1-2,5-8,10-11H2. The molecule has 110 valence electrons. The summed E-state index contributed by atoms with van der Waals surface area (Å²) in [5.74, 6) is 0.756. The van der Waals surface area contributed by atoms with E-state index in [-0.39, 0.29) is 18.3 Å². The van der Waals surface area contributed by atoms with Crippen molar-refractivity contribution in [3.63, 3.8) is 0 Å². The molecule has 1 aliphatic carbocycles. The van der Waals surface area contributed by atoms with E-state index in [4.69, 9.17) is 9.47 Å². The summed E-state index contributed by atoms with van der Waals surface area (Å²) in [6.07, 6.45) is 7.49. The fraction of sp³-hybridized carbons (Fsp3) is 0.625. The third-order valence-corrected chi connectivity index (χ3v) is 4.96. The Kier molecular flexibility index (Phi) is 4.34. The summed E-state index contributed by atoms with van der Waals surface area (Å²) >= 11 is 3.40. The van der Waals surface area contributed by atoms with E-state index in [1.807, 2.05) is 18.2 Å². The first-order chi connectivity index (χ1) is 9.71. The average molecular weight is 341 g/mol. The zero-order chi connectivity index (χ0) is 14.0. The van der Waals surface area contributed by atoms with Gasteiger partial charge in [0.25, 0.3) is 0 Å². The normalized spacial score (nSPS) is 24.4. The predicted molar refractivity (Wildman–Crippen MR) is 80.9 cm³/mol. The molecule has 20 heavy (non-hydrogen) atoms. The van der Waals surface area contributed by atoms with Crippen molar-refractivity contribution in [2.24, 2.45) is 0 Å². The van der Waals surface area contributed by atoms with Crippen LogP contribution in [0.2, 0.25) is 0 Å². The minimum atomic E-state index is -0.00969. The highest BCUT2D eigenvalue weighted by molar-refractivity contribution is 9.10. The number of aliphatic hydroxyl groups excluding tert-OH is 1. The molecule has 3 rings (SSSR count). The predicted octanol–water partition coefficient (Wildman–Crippen LogP) is 3.81. The van der Waals surface area contributed by atoms with Gasteiger partial charge in [0.1, 0.15) is 12.4 Å². The van der Waals surface area contributed by atoms with Crippen molar-refractivity contribution in [2.75, 3.05) is 6.61 Å². The molecular formula is C16H21BrO3. The van der Waals surface area contributed by atoms with Crippen LogP contribution in [0.5, 0.6) is 5.75 Å². The summed E-state index contributed by atoms with van der Waals surface area (Å²) in [5, 5.41) is 9.37. The number of ether oxygens (including phenoxy) is 2. The molecule has 1 aromatic carbocycles. The van der Waals surface area contributed by atoms with E-state index >= 15 is 0 Å². The molecule has 1 atom stereocenters. The minimum absolute atomic E-state index is 0.00969. The summed E-state index contributed by atoms with van der Waals surface area (Å²) in [5.41, 5.74) is 0.973. The van der Waals surface area contributed by atoms with Crippen molar-refractivity contribution in [3.8, 4) is 5.75 Å². The van der Waals surface area contributed by atoms with Crippen LogP contribution in [0.1, 0.15) is 44.1 Å². The first-order valence-electron chi connectivity index (χ1n) is 7.41. The van der Waals surface area contributed by atoms with Crippen LogP contribution in [0.15, 0.2) is 22.7 Å². The highest BCUT2D eigenvalue weighted by Gasteiger charge is 2.42. The molecule has 1 saturated heterocycles. The Morgan fingerprint density at radius 1 is 1.30 bits per heavy atom.